The van der Waals surface area contributed by atoms with E-state index in [9.17, 15) is 15.0 Å². The molecule has 0 bridgehead atoms. The molecular formula is C11H8INO4. The molecule has 5 nitrogen and oxygen atoms in total. The molecule has 0 radical (unpaired) electrons. The highest BCUT2D eigenvalue weighted by atomic mass is 123. The Labute approximate surface area is 110 Å². The third-order valence-electron chi connectivity index (χ3n) is 2.05. The molecule has 0 aliphatic heterocycles. The Hall–Kier alpha value is -1.70. The number of benzene rings is 1. The van der Waals surface area contributed by atoms with Gasteiger partial charge >= 0.3 is 5.97 Å². The molecule has 2 N–H and O–H groups in total. The quantitative estimate of drug-likeness (QED) is 0.817. The topological polar surface area (TPSA) is 71.7 Å². The van der Waals surface area contributed by atoms with Crippen LogP contribution in [0.2, 0.25) is 0 Å². The molecule has 1 heterocycles. The van der Waals surface area contributed by atoms with Gasteiger partial charge < -0.3 is 15.1 Å². The summed E-state index contributed by atoms with van der Waals surface area (Å²) in [6, 6.07) is 9.15. The fourth-order valence-electron chi connectivity index (χ4n) is 1.22. The Morgan fingerprint density at radius 3 is 2.12 bits per heavy atom. The lowest BCUT2D eigenvalue weighted by Crippen LogP contribution is -2.18. The first-order chi connectivity index (χ1) is 8.08. The summed E-state index contributed by atoms with van der Waals surface area (Å²) in [6.45, 7) is 0. The lowest BCUT2D eigenvalue weighted by atomic mass is 10.2. The standard InChI is InChI=1S/C11H8INO4/c12-8-3-1-7(2-4-8)11(16)17-13-9(14)5-6-10(13)15/h1-6,14-15H/i12-4. The van der Waals surface area contributed by atoms with Gasteiger partial charge in [0.2, 0.25) is 11.8 Å². The van der Waals surface area contributed by atoms with E-state index in [-0.39, 0.29) is 11.8 Å². The van der Waals surface area contributed by atoms with Crippen LogP contribution in [0.4, 0.5) is 0 Å². The van der Waals surface area contributed by atoms with Crippen LogP contribution >= 0.6 is 22.6 Å². The summed E-state index contributed by atoms with van der Waals surface area (Å²) in [7, 11) is 0. The van der Waals surface area contributed by atoms with Crippen LogP contribution in [-0.4, -0.2) is 20.9 Å². The van der Waals surface area contributed by atoms with Crippen molar-refractivity contribution in [2.75, 3.05) is 0 Å². The third kappa shape index (κ3) is 2.52. The van der Waals surface area contributed by atoms with Gasteiger partial charge in [0, 0.05) is 15.7 Å². The van der Waals surface area contributed by atoms with E-state index in [0.29, 0.717) is 10.3 Å². The fraction of sp³-hybridized carbons (Fsp3) is 0. The molecule has 0 fully saturated rings. The lowest BCUT2D eigenvalue weighted by Gasteiger charge is -2.06. The first kappa shape index (κ1) is 11.8. The van der Waals surface area contributed by atoms with Gasteiger partial charge in [0.15, 0.2) is 0 Å². The molecule has 0 unspecified atom stereocenters. The van der Waals surface area contributed by atoms with Crippen LogP contribution in [0.1, 0.15) is 10.4 Å². The summed E-state index contributed by atoms with van der Waals surface area (Å²) < 4.78 is 1.64. The molecule has 1 aromatic carbocycles. The van der Waals surface area contributed by atoms with Crippen molar-refractivity contribution in [1.82, 2.24) is 4.73 Å². The maximum atomic E-state index is 11.7. The minimum Gasteiger partial charge on any atom is -0.492 e. The average Bonchev–Trinajstić information content (AvgIpc) is 2.61. The molecule has 0 atom stereocenters. The molecule has 88 valence electrons. The number of aromatic nitrogens is 1. The average molecular weight is 341 g/mol. The summed E-state index contributed by atoms with van der Waals surface area (Å²) in [5, 5.41) is 18.6. The van der Waals surface area contributed by atoms with Crippen LogP contribution in [-0.2, 0) is 0 Å². The number of carbonyl (C=O) groups is 1. The van der Waals surface area contributed by atoms with E-state index in [0.717, 1.165) is 3.57 Å². The van der Waals surface area contributed by atoms with Crippen LogP contribution in [0.3, 0.4) is 0 Å². The lowest BCUT2D eigenvalue weighted by molar-refractivity contribution is 0.0381. The molecule has 2 rings (SSSR count). The number of halogens is 1. The third-order valence-corrected chi connectivity index (χ3v) is 2.77. The predicted octanol–water partition coefficient (Wildman–Crippen LogP) is 1.77. The Morgan fingerprint density at radius 1 is 1.06 bits per heavy atom. The second-order valence-electron chi connectivity index (χ2n) is 3.23. The summed E-state index contributed by atoms with van der Waals surface area (Å²) in [5.41, 5.74) is 0.331. The maximum absolute atomic E-state index is 11.7. The monoisotopic (exact) mass is 341 g/mol. The van der Waals surface area contributed by atoms with Crippen molar-refractivity contribution in [3.8, 4) is 11.8 Å². The van der Waals surface area contributed by atoms with Crippen molar-refractivity contribution in [2.45, 2.75) is 0 Å². The number of hydrogen-bond donors (Lipinski definition) is 2. The van der Waals surface area contributed by atoms with Crippen molar-refractivity contribution >= 4 is 28.6 Å². The number of rotatable bonds is 2. The molecule has 0 amide bonds. The van der Waals surface area contributed by atoms with E-state index < -0.39 is 5.97 Å². The van der Waals surface area contributed by atoms with Gasteiger partial charge in [0.25, 0.3) is 0 Å². The highest BCUT2D eigenvalue weighted by molar-refractivity contribution is 14.1. The number of nitrogens with zero attached hydrogens (tertiary/aromatic N) is 1. The van der Waals surface area contributed by atoms with E-state index >= 15 is 0 Å². The first-order valence-electron chi connectivity index (χ1n) is 4.66. The zero-order valence-corrected chi connectivity index (χ0v) is 10.7. The Balaban J connectivity index is 2.20. The van der Waals surface area contributed by atoms with Gasteiger partial charge in [-0.15, -0.1) is 4.73 Å². The molecular weight excluding hydrogens is 333 g/mol. The maximum Gasteiger partial charge on any atom is 0.363 e. The summed E-state index contributed by atoms with van der Waals surface area (Å²) >= 11 is 2.12. The minimum atomic E-state index is -0.664. The van der Waals surface area contributed by atoms with Crippen LogP contribution in [0.5, 0.6) is 11.8 Å². The zero-order valence-electron chi connectivity index (χ0n) is 8.50. The smallest absolute Gasteiger partial charge is 0.363 e. The van der Waals surface area contributed by atoms with Crippen LogP contribution in [0, 0.1) is 3.57 Å². The Kier molecular flexibility index (Phi) is 3.23. The fourth-order valence-corrected chi connectivity index (χ4v) is 1.58. The molecule has 1 aromatic heterocycles. The molecule has 0 saturated heterocycles. The minimum absolute atomic E-state index is 0.331. The second-order valence-corrected chi connectivity index (χ2v) is 4.48. The normalized spacial score (nSPS) is 10.2. The molecule has 2 aromatic rings. The predicted molar refractivity (Wildman–Crippen MR) is 67.8 cm³/mol. The van der Waals surface area contributed by atoms with E-state index in [1.54, 1.807) is 24.3 Å². The SMILES string of the molecule is O=C(On1c(O)ccc1O)c1ccc([123I])cc1. The van der Waals surface area contributed by atoms with Gasteiger partial charge in [0.1, 0.15) is 0 Å². The van der Waals surface area contributed by atoms with Crippen LogP contribution in [0.25, 0.3) is 0 Å². The molecule has 0 saturated carbocycles. The van der Waals surface area contributed by atoms with Crippen molar-refractivity contribution in [1.29, 1.82) is 0 Å². The van der Waals surface area contributed by atoms with E-state index in [4.69, 9.17) is 4.84 Å². The van der Waals surface area contributed by atoms with Gasteiger partial charge in [-0.1, -0.05) is 0 Å². The molecule has 0 spiro atoms. The van der Waals surface area contributed by atoms with Gasteiger partial charge in [0.05, 0.1) is 5.56 Å². The highest BCUT2D eigenvalue weighted by Gasteiger charge is 2.13. The number of aromatic hydroxyl groups is 2. The number of hydrogen-bond acceptors (Lipinski definition) is 4. The zero-order chi connectivity index (χ0) is 12.4. The van der Waals surface area contributed by atoms with Crippen LogP contribution < -0.4 is 4.84 Å². The second kappa shape index (κ2) is 4.66. The summed E-state index contributed by atoms with van der Waals surface area (Å²) in [4.78, 5) is 16.5. The largest absolute Gasteiger partial charge is 0.492 e. The van der Waals surface area contributed by atoms with E-state index in [2.05, 4.69) is 22.6 Å². The first-order valence-corrected chi connectivity index (χ1v) is 5.74. The Bertz CT molecular complexity index is 528. The van der Waals surface area contributed by atoms with Gasteiger partial charge in [-0.25, -0.2) is 4.79 Å². The van der Waals surface area contributed by atoms with Crippen molar-refractivity contribution in [3.63, 3.8) is 0 Å². The number of carbonyl (C=O) groups excluding carboxylic acids is 1. The summed E-state index contributed by atoms with van der Waals surface area (Å²) in [6.07, 6.45) is 0. The van der Waals surface area contributed by atoms with E-state index in [1.807, 2.05) is 0 Å². The van der Waals surface area contributed by atoms with Gasteiger partial charge in [-0.3, -0.25) is 0 Å². The molecule has 0 aliphatic carbocycles. The van der Waals surface area contributed by atoms with Crippen molar-refractivity contribution in [3.05, 3.63) is 45.5 Å². The highest BCUT2D eigenvalue weighted by Crippen LogP contribution is 2.19. The van der Waals surface area contributed by atoms with Crippen molar-refractivity contribution in [2.24, 2.45) is 0 Å². The van der Waals surface area contributed by atoms with Gasteiger partial charge in [-0.05, 0) is 46.9 Å². The van der Waals surface area contributed by atoms with E-state index in [1.165, 1.54) is 12.1 Å². The van der Waals surface area contributed by atoms with Crippen LogP contribution in [0.15, 0.2) is 36.4 Å². The molecule has 6 heteroatoms. The molecule has 0 aliphatic rings. The molecule has 17 heavy (non-hydrogen) atoms. The van der Waals surface area contributed by atoms with Gasteiger partial charge in [-0.2, -0.15) is 0 Å². The van der Waals surface area contributed by atoms with Crippen molar-refractivity contribution < 1.29 is 19.8 Å². The summed E-state index contributed by atoms with van der Waals surface area (Å²) in [5.74, 6) is -1.36. The Morgan fingerprint density at radius 2 is 1.59 bits per heavy atom.